The Hall–Kier alpha value is -1.60. The normalized spacial score (nSPS) is 26.9. The molecule has 2 saturated heterocycles. The van der Waals surface area contributed by atoms with Crippen LogP contribution in [0.4, 0.5) is 10.1 Å². The third-order valence-electron chi connectivity index (χ3n) is 3.86. The zero-order chi connectivity index (χ0) is 11.8. The Labute approximate surface area is 99.8 Å². The van der Waals surface area contributed by atoms with Crippen LogP contribution in [-0.4, -0.2) is 25.7 Å². The first kappa shape index (κ1) is 10.5. The smallest absolute Gasteiger partial charge is 0.143 e. The summed E-state index contributed by atoms with van der Waals surface area (Å²) < 4.78 is 13.6. The summed E-state index contributed by atoms with van der Waals surface area (Å²) in [4.78, 5) is 2.19. The molecule has 0 aromatic heterocycles. The Morgan fingerprint density at radius 3 is 3.12 bits per heavy atom. The van der Waals surface area contributed by atoms with E-state index >= 15 is 0 Å². The topological polar surface area (TPSA) is 39.1 Å². The largest absolute Gasteiger partial charge is 0.366 e. The highest BCUT2D eigenvalue weighted by molar-refractivity contribution is 5.61. The fourth-order valence-electron chi connectivity index (χ4n) is 3.01. The van der Waals surface area contributed by atoms with Crippen LogP contribution in [0.1, 0.15) is 12.0 Å². The van der Waals surface area contributed by atoms with Crippen LogP contribution < -0.4 is 10.2 Å². The Balaban J connectivity index is 2.00. The molecule has 0 aliphatic carbocycles. The van der Waals surface area contributed by atoms with Gasteiger partial charge in [0.25, 0.3) is 0 Å². The number of hydrogen-bond donors (Lipinski definition) is 1. The number of benzene rings is 1. The summed E-state index contributed by atoms with van der Waals surface area (Å²) in [6, 6.07) is 7.28. The number of halogens is 1. The van der Waals surface area contributed by atoms with E-state index in [1.54, 1.807) is 6.07 Å². The highest BCUT2D eigenvalue weighted by Gasteiger charge is 2.38. The van der Waals surface area contributed by atoms with Crippen molar-refractivity contribution in [1.82, 2.24) is 5.32 Å². The summed E-state index contributed by atoms with van der Waals surface area (Å²) in [7, 11) is 0. The van der Waals surface area contributed by atoms with E-state index in [1.807, 2.05) is 12.1 Å². The maximum atomic E-state index is 13.6. The minimum absolute atomic E-state index is 0.181. The maximum Gasteiger partial charge on any atom is 0.143 e. The van der Waals surface area contributed by atoms with E-state index in [9.17, 15) is 4.39 Å². The quantitative estimate of drug-likeness (QED) is 0.796. The Kier molecular flexibility index (Phi) is 2.49. The van der Waals surface area contributed by atoms with Gasteiger partial charge in [-0.25, -0.2) is 4.39 Å². The van der Waals surface area contributed by atoms with Crippen molar-refractivity contribution in [3.63, 3.8) is 0 Å². The lowest BCUT2D eigenvalue weighted by atomic mass is 10.0. The van der Waals surface area contributed by atoms with E-state index in [0.29, 0.717) is 12.0 Å². The summed E-state index contributed by atoms with van der Waals surface area (Å²) in [5.74, 6) is 0.226. The van der Waals surface area contributed by atoms with E-state index < -0.39 is 5.82 Å². The molecule has 2 aliphatic heterocycles. The summed E-state index contributed by atoms with van der Waals surface area (Å²) >= 11 is 0. The molecule has 0 saturated carbocycles. The van der Waals surface area contributed by atoms with Crippen LogP contribution in [0.25, 0.3) is 0 Å². The summed E-state index contributed by atoms with van der Waals surface area (Å²) in [5.41, 5.74) is 0.934. The zero-order valence-electron chi connectivity index (χ0n) is 9.49. The molecule has 3 nitrogen and oxygen atoms in total. The van der Waals surface area contributed by atoms with E-state index in [2.05, 4.69) is 10.2 Å². The van der Waals surface area contributed by atoms with Crippen LogP contribution in [0.15, 0.2) is 18.2 Å². The van der Waals surface area contributed by atoms with E-state index in [-0.39, 0.29) is 5.56 Å². The minimum Gasteiger partial charge on any atom is -0.366 e. The first-order valence-electron chi connectivity index (χ1n) is 5.97. The van der Waals surface area contributed by atoms with Gasteiger partial charge in [-0.2, -0.15) is 5.26 Å². The minimum atomic E-state index is -0.417. The van der Waals surface area contributed by atoms with Gasteiger partial charge in [-0.3, -0.25) is 0 Å². The summed E-state index contributed by atoms with van der Waals surface area (Å²) in [5, 5.41) is 12.4. The molecular formula is C13H14FN3. The van der Waals surface area contributed by atoms with Gasteiger partial charge >= 0.3 is 0 Å². The van der Waals surface area contributed by atoms with Gasteiger partial charge in [0, 0.05) is 25.7 Å². The van der Waals surface area contributed by atoms with Crippen molar-refractivity contribution in [3.8, 4) is 6.07 Å². The molecule has 3 rings (SSSR count). The second kappa shape index (κ2) is 4.01. The Morgan fingerprint density at radius 2 is 2.29 bits per heavy atom. The van der Waals surface area contributed by atoms with Gasteiger partial charge in [0.2, 0.25) is 0 Å². The molecule has 17 heavy (non-hydrogen) atoms. The number of nitrogens with zero attached hydrogens (tertiary/aromatic N) is 2. The van der Waals surface area contributed by atoms with Crippen molar-refractivity contribution in [2.45, 2.75) is 12.5 Å². The lowest BCUT2D eigenvalue weighted by Crippen LogP contribution is -2.34. The van der Waals surface area contributed by atoms with Gasteiger partial charge in [-0.05, 0) is 24.5 Å². The van der Waals surface area contributed by atoms with Crippen LogP contribution in [0.3, 0.4) is 0 Å². The van der Waals surface area contributed by atoms with Gasteiger partial charge in [0.1, 0.15) is 17.4 Å². The zero-order valence-corrected chi connectivity index (χ0v) is 9.49. The molecular weight excluding hydrogens is 217 g/mol. The number of fused-ring (bicyclic) bond motifs is 1. The van der Waals surface area contributed by atoms with Crippen LogP contribution in [-0.2, 0) is 0 Å². The third kappa shape index (κ3) is 1.58. The van der Waals surface area contributed by atoms with Crippen molar-refractivity contribution in [3.05, 3.63) is 29.6 Å². The van der Waals surface area contributed by atoms with Crippen LogP contribution >= 0.6 is 0 Å². The monoisotopic (exact) mass is 231 g/mol. The summed E-state index contributed by atoms with van der Waals surface area (Å²) in [6.07, 6.45) is 1.12. The fraction of sp³-hybridized carbons (Fsp3) is 0.462. The second-order valence-corrected chi connectivity index (χ2v) is 4.71. The average molecular weight is 231 g/mol. The second-order valence-electron chi connectivity index (χ2n) is 4.71. The molecule has 2 aliphatic rings. The predicted octanol–water partition coefficient (Wildman–Crippen LogP) is 1.50. The van der Waals surface area contributed by atoms with Gasteiger partial charge in [-0.15, -0.1) is 0 Å². The lowest BCUT2D eigenvalue weighted by molar-refractivity contribution is 0.577. The highest BCUT2D eigenvalue weighted by Crippen LogP contribution is 2.34. The Bertz CT molecular complexity index is 480. The van der Waals surface area contributed by atoms with E-state index in [4.69, 9.17) is 5.26 Å². The van der Waals surface area contributed by atoms with Gasteiger partial charge in [0.05, 0.1) is 5.69 Å². The third-order valence-corrected chi connectivity index (χ3v) is 3.86. The number of anilines is 1. The number of rotatable bonds is 1. The number of hydrogen-bond acceptors (Lipinski definition) is 3. The maximum absolute atomic E-state index is 13.6. The number of nitrogens with one attached hydrogen (secondary N) is 1. The molecule has 88 valence electrons. The van der Waals surface area contributed by atoms with Crippen LogP contribution in [0.5, 0.6) is 0 Å². The summed E-state index contributed by atoms with van der Waals surface area (Å²) in [6.45, 7) is 2.90. The van der Waals surface area contributed by atoms with Gasteiger partial charge in [0.15, 0.2) is 0 Å². The molecule has 2 atom stereocenters. The fourth-order valence-corrected chi connectivity index (χ4v) is 3.01. The molecule has 0 radical (unpaired) electrons. The van der Waals surface area contributed by atoms with E-state index in [1.165, 1.54) is 6.07 Å². The molecule has 1 aromatic rings. The van der Waals surface area contributed by atoms with Gasteiger partial charge < -0.3 is 10.2 Å². The molecule has 1 aromatic carbocycles. The van der Waals surface area contributed by atoms with E-state index in [0.717, 1.165) is 31.7 Å². The van der Waals surface area contributed by atoms with Crippen molar-refractivity contribution >= 4 is 5.69 Å². The SMILES string of the molecule is N#Cc1c(F)cccc1N1CC[C@H]2CNC[C@H]21. The lowest BCUT2D eigenvalue weighted by Gasteiger charge is -2.26. The van der Waals surface area contributed by atoms with Crippen LogP contribution in [0.2, 0.25) is 0 Å². The molecule has 0 spiro atoms. The van der Waals surface area contributed by atoms with Crippen molar-refractivity contribution in [2.24, 2.45) is 5.92 Å². The van der Waals surface area contributed by atoms with Gasteiger partial charge in [-0.1, -0.05) is 6.07 Å². The molecule has 0 bridgehead atoms. The molecule has 0 unspecified atom stereocenters. The van der Waals surface area contributed by atoms with Crippen LogP contribution in [0, 0.1) is 23.1 Å². The van der Waals surface area contributed by atoms with Crippen molar-refractivity contribution in [2.75, 3.05) is 24.5 Å². The molecule has 1 N–H and O–H groups in total. The van der Waals surface area contributed by atoms with Crippen molar-refractivity contribution in [1.29, 1.82) is 5.26 Å². The first-order valence-corrected chi connectivity index (χ1v) is 5.97. The molecule has 0 amide bonds. The first-order chi connectivity index (χ1) is 8.31. The number of nitriles is 1. The van der Waals surface area contributed by atoms with Crippen molar-refractivity contribution < 1.29 is 4.39 Å². The Morgan fingerprint density at radius 1 is 1.41 bits per heavy atom. The highest BCUT2D eigenvalue weighted by atomic mass is 19.1. The predicted molar refractivity (Wildman–Crippen MR) is 63.2 cm³/mol. The standard InChI is InChI=1S/C13H14FN3/c14-11-2-1-3-12(10(11)6-15)17-5-4-9-7-16-8-13(9)17/h1-3,9,13,16H,4-5,7-8H2/t9-,13+/m0/s1. The molecule has 2 heterocycles. The molecule has 4 heteroatoms. The average Bonchev–Trinajstić information content (AvgIpc) is 2.90. The molecule has 2 fully saturated rings.